The first-order valence-electron chi connectivity index (χ1n) is 6.31. The lowest BCUT2D eigenvalue weighted by atomic mass is 10.1. The maximum Gasteiger partial charge on any atom is 0.327 e. The maximum absolute atomic E-state index is 10.2. The second-order valence-corrected chi connectivity index (χ2v) is 3.99. The number of carboxylic acid groups (broad SMARTS) is 1. The minimum Gasteiger partial charge on any atom is -0.478 e. The predicted molar refractivity (Wildman–Crippen MR) is 68.5 cm³/mol. The Bertz CT molecular complexity index is 217. The van der Waals surface area contributed by atoms with Crippen LogP contribution in [0.1, 0.15) is 58.3 Å². The topological polar surface area (TPSA) is 37.3 Å². The van der Waals surface area contributed by atoms with Crippen molar-refractivity contribution in [3.8, 4) is 0 Å². The van der Waals surface area contributed by atoms with E-state index in [2.05, 4.69) is 19.1 Å². The standard InChI is InChI=1S/C14H24O2/c1-2-3-4-5-6-7-8-9-10-11-12-13-14(15)16/h5-6,12-13H,2-4,7-11H2,1H3,(H,15,16). The molecule has 0 saturated heterocycles. The molecule has 0 aliphatic rings. The molecule has 2 nitrogen and oxygen atoms in total. The molecule has 0 bridgehead atoms. The minimum absolute atomic E-state index is 0.848. The minimum atomic E-state index is -0.848. The average molecular weight is 224 g/mol. The lowest BCUT2D eigenvalue weighted by Gasteiger charge is -1.95. The van der Waals surface area contributed by atoms with Gasteiger partial charge in [0.2, 0.25) is 0 Å². The van der Waals surface area contributed by atoms with Crippen LogP contribution >= 0.6 is 0 Å². The van der Waals surface area contributed by atoms with Crippen LogP contribution in [0.2, 0.25) is 0 Å². The Morgan fingerprint density at radius 2 is 1.50 bits per heavy atom. The number of hydrogen-bond donors (Lipinski definition) is 1. The van der Waals surface area contributed by atoms with Gasteiger partial charge in [-0.3, -0.25) is 0 Å². The summed E-state index contributed by atoms with van der Waals surface area (Å²) in [7, 11) is 0. The number of carbonyl (C=O) groups is 1. The molecule has 92 valence electrons. The van der Waals surface area contributed by atoms with Gasteiger partial charge in [-0.1, -0.05) is 44.4 Å². The molecule has 0 aromatic heterocycles. The number of carboxylic acids is 1. The van der Waals surface area contributed by atoms with E-state index < -0.39 is 5.97 Å². The van der Waals surface area contributed by atoms with Crippen LogP contribution in [0.25, 0.3) is 0 Å². The normalized spacial score (nSPS) is 11.6. The van der Waals surface area contributed by atoms with E-state index in [1.54, 1.807) is 6.08 Å². The Morgan fingerprint density at radius 3 is 2.06 bits per heavy atom. The van der Waals surface area contributed by atoms with Gasteiger partial charge < -0.3 is 5.11 Å². The van der Waals surface area contributed by atoms with Gasteiger partial charge in [0, 0.05) is 6.08 Å². The average Bonchev–Trinajstić information content (AvgIpc) is 2.25. The molecule has 0 spiro atoms. The molecule has 0 atom stereocenters. The van der Waals surface area contributed by atoms with Gasteiger partial charge in [-0.2, -0.15) is 0 Å². The molecule has 0 radical (unpaired) electrons. The van der Waals surface area contributed by atoms with Gasteiger partial charge in [0.1, 0.15) is 0 Å². The Morgan fingerprint density at radius 1 is 0.938 bits per heavy atom. The van der Waals surface area contributed by atoms with Gasteiger partial charge in [-0.15, -0.1) is 0 Å². The lowest BCUT2D eigenvalue weighted by molar-refractivity contribution is -0.131. The Kier molecular flexibility index (Phi) is 11.2. The van der Waals surface area contributed by atoms with Crippen LogP contribution in [-0.4, -0.2) is 11.1 Å². The Hall–Kier alpha value is -1.05. The van der Waals surface area contributed by atoms with Crippen LogP contribution in [-0.2, 0) is 4.79 Å². The van der Waals surface area contributed by atoms with Crippen molar-refractivity contribution in [2.45, 2.75) is 58.3 Å². The Labute approximate surface area is 99.1 Å². The molecule has 0 rings (SSSR count). The van der Waals surface area contributed by atoms with Crippen LogP contribution in [0.5, 0.6) is 0 Å². The van der Waals surface area contributed by atoms with Crippen molar-refractivity contribution in [3.63, 3.8) is 0 Å². The molecule has 1 N–H and O–H groups in total. The zero-order chi connectivity index (χ0) is 12.1. The van der Waals surface area contributed by atoms with Gasteiger partial charge in [0.15, 0.2) is 0 Å². The van der Waals surface area contributed by atoms with Gasteiger partial charge in [0.05, 0.1) is 0 Å². The molecule has 0 saturated carbocycles. The number of aliphatic carboxylic acids is 1. The monoisotopic (exact) mass is 224 g/mol. The Balaban J connectivity index is 3.15. The fourth-order valence-corrected chi connectivity index (χ4v) is 1.44. The second kappa shape index (κ2) is 12.0. The van der Waals surface area contributed by atoms with Crippen molar-refractivity contribution in [1.29, 1.82) is 0 Å². The van der Waals surface area contributed by atoms with Gasteiger partial charge in [0.25, 0.3) is 0 Å². The SMILES string of the molecule is CCCCC=CCCCCCC=CC(=O)O. The van der Waals surface area contributed by atoms with Crippen molar-refractivity contribution in [1.82, 2.24) is 0 Å². The highest BCUT2D eigenvalue weighted by Crippen LogP contribution is 2.05. The first kappa shape index (κ1) is 14.9. The van der Waals surface area contributed by atoms with Crippen molar-refractivity contribution >= 4 is 5.97 Å². The summed E-state index contributed by atoms with van der Waals surface area (Å²) in [5.41, 5.74) is 0. The third kappa shape index (κ3) is 12.9. The molecule has 0 aromatic carbocycles. The van der Waals surface area contributed by atoms with Crippen LogP contribution in [0.15, 0.2) is 24.3 Å². The fourth-order valence-electron chi connectivity index (χ4n) is 1.44. The molecule has 0 amide bonds. The number of allylic oxidation sites excluding steroid dienone is 3. The van der Waals surface area contributed by atoms with Crippen LogP contribution < -0.4 is 0 Å². The third-order valence-corrected chi connectivity index (χ3v) is 2.39. The van der Waals surface area contributed by atoms with E-state index in [0.29, 0.717) is 0 Å². The summed E-state index contributed by atoms with van der Waals surface area (Å²) in [5, 5.41) is 8.36. The number of rotatable bonds is 10. The van der Waals surface area contributed by atoms with Crippen LogP contribution in [0.3, 0.4) is 0 Å². The van der Waals surface area contributed by atoms with E-state index in [-0.39, 0.29) is 0 Å². The predicted octanol–water partition coefficient (Wildman–Crippen LogP) is 4.32. The highest BCUT2D eigenvalue weighted by atomic mass is 16.4. The van der Waals surface area contributed by atoms with E-state index in [0.717, 1.165) is 19.3 Å². The van der Waals surface area contributed by atoms with E-state index >= 15 is 0 Å². The molecule has 0 aliphatic heterocycles. The smallest absolute Gasteiger partial charge is 0.327 e. The highest BCUT2D eigenvalue weighted by Gasteiger charge is 1.88. The number of hydrogen-bond acceptors (Lipinski definition) is 1. The summed E-state index contributed by atoms with van der Waals surface area (Å²) in [5.74, 6) is -0.848. The molecular formula is C14H24O2. The largest absolute Gasteiger partial charge is 0.478 e. The van der Waals surface area contributed by atoms with Gasteiger partial charge in [-0.05, 0) is 32.1 Å². The zero-order valence-electron chi connectivity index (χ0n) is 10.3. The van der Waals surface area contributed by atoms with Gasteiger partial charge in [-0.25, -0.2) is 4.79 Å². The second-order valence-electron chi connectivity index (χ2n) is 3.99. The molecule has 16 heavy (non-hydrogen) atoms. The van der Waals surface area contributed by atoms with Crippen molar-refractivity contribution < 1.29 is 9.90 Å². The summed E-state index contributed by atoms with van der Waals surface area (Å²) in [4.78, 5) is 10.2. The molecular weight excluding hydrogens is 200 g/mol. The van der Waals surface area contributed by atoms with E-state index in [1.807, 2.05) is 0 Å². The zero-order valence-corrected chi connectivity index (χ0v) is 10.3. The van der Waals surface area contributed by atoms with E-state index in [4.69, 9.17) is 5.11 Å². The summed E-state index contributed by atoms with van der Waals surface area (Å²) in [6.07, 6.45) is 16.8. The highest BCUT2D eigenvalue weighted by molar-refractivity contribution is 5.79. The summed E-state index contributed by atoms with van der Waals surface area (Å²) in [6.45, 7) is 2.21. The molecule has 0 aliphatic carbocycles. The molecule has 0 unspecified atom stereocenters. The first-order valence-corrected chi connectivity index (χ1v) is 6.31. The third-order valence-electron chi connectivity index (χ3n) is 2.39. The van der Waals surface area contributed by atoms with E-state index in [1.165, 1.54) is 38.2 Å². The molecule has 2 heteroatoms. The lowest BCUT2D eigenvalue weighted by Crippen LogP contribution is -1.85. The molecule has 0 heterocycles. The van der Waals surface area contributed by atoms with E-state index in [9.17, 15) is 4.79 Å². The first-order chi connectivity index (χ1) is 7.77. The summed E-state index contributed by atoms with van der Waals surface area (Å²) < 4.78 is 0. The quantitative estimate of drug-likeness (QED) is 0.341. The molecule has 0 aromatic rings. The number of unbranched alkanes of at least 4 members (excludes halogenated alkanes) is 6. The van der Waals surface area contributed by atoms with Crippen LogP contribution in [0, 0.1) is 0 Å². The maximum atomic E-state index is 10.2. The fraction of sp³-hybridized carbons (Fsp3) is 0.643. The molecule has 0 fully saturated rings. The van der Waals surface area contributed by atoms with Crippen molar-refractivity contribution in [3.05, 3.63) is 24.3 Å². The summed E-state index contributed by atoms with van der Waals surface area (Å²) in [6, 6.07) is 0. The van der Waals surface area contributed by atoms with Crippen molar-refractivity contribution in [2.24, 2.45) is 0 Å². The summed E-state index contributed by atoms with van der Waals surface area (Å²) >= 11 is 0. The van der Waals surface area contributed by atoms with Crippen molar-refractivity contribution in [2.75, 3.05) is 0 Å². The van der Waals surface area contributed by atoms with Crippen LogP contribution in [0.4, 0.5) is 0 Å². The van der Waals surface area contributed by atoms with Gasteiger partial charge >= 0.3 is 5.97 Å².